The van der Waals surface area contributed by atoms with Gasteiger partial charge in [-0.05, 0) is 51.4 Å². The fourth-order valence-corrected chi connectivity index (χ4v) is 3.06. The van der Waals surface area contributed by atoms with Crippen molar-refractivity contribution in [2.75, 3.05) is 13.1 Å². The van der Waals surface area contributed by atoms with Crippen LogP contribution in [0.3, 0.4) is 0 Å². The molecule has 1 heterocycles. The van der Waals surface area contributed by atoms with Crippen molar-refractivity contribution in [3.63, 3.8) is 0 Å². The van der Waals surface area contributed by atoms with Gasteiger partial charge in [-0.15, -0.1) is 0 Å². The Morgan fingerprint density at radius 2 is 1.83 bits per heavy atom. The molecule has 1 aliphatic rings. The van der Waals surface area contributed by atoms with Crippen molar-refractivity contribution < 1.29 is 0 Å². The number of rotatable bonds is 3. The lowest BCUT2D eigenvalue weighted by molar-refractivity contribution is 0.124. The van der Waals surface area contributed by atoms with E-state index in [1.165, 1.54) is 12.8 Å². The zero-order chi connectivity index (χ0) is 13.3. The Labute approximate surface area is 119 Å². The minimum Gasteiger partial charge on any atom is -0.322 e. The van der Waals surface area contributed by atoms with E-state index in [0.29, 0.717) is 10.0 Å². The smallest absolute Gasteiger partial charge is 0.0640 e. The molecule has 1 saturated heterocycles. The van der Waals surface area contributed by atoms with E-state index < -0.39 is 0 Å². The highest BCUT2D eigenvalue weighted by Gasteiger charge is 2.36. The predicted octanol–water partition coefficient (Wildman–Crippen LogP) is 3.87. The van der Waals surface area contributed by atoms with E-state index in [4.69, 9.17) is 28.9 Å². The maximum Gasteiger partial charge on any atom is 0.0640 e. The molecule has 0 aliphatic carbocycles. The second-order valence-corrected chi connectivity index (χ2v) is 6.25. The number of benzene rings is 1. The third kappa shape index (κ3) is 2.53. The summed E-state index contributed by atoms with van der Waals surface area (Å²) in [6.45, 7) is 6.58. The van der Waals surface area contributed by atoms with E-state index in [0.717, 1.165) is 18.7 Å². The molecule has 1 aromatic rings. The lowest BCUT2D eigenvalue weighted by atomic mass is 9.88. The summed E-state index contributed by atoms with van der Waals surface area (Å²) < 4.78 is 0. The molecule has 1 atom stereocenters. The van der Waals surface area contributed by atoms with Crippen LogP contribution in [0.4, 0.5) is 0 Å². The van der Waals surface area contributed by atoms with Crippen LogP contribution in [0, 0.1) is 0 Å². The molecule has 4 heteroatoms. The maximum absolute atomic E-state index is 6.44. The van der Waals surface area contributed by atoms with E-state index in [-0.39, 0.29) is 11.6 Å². The van der Waals surface area contributed by atoms with Crippen molar-refractivity contribution in [3.8, 4) is 0 Å². The van der Waals surface area contributed by atoms with Crippen LogP contribution in [0.2, 0.25) is 10.0 Å². The normalized spacial score (nSPS) is 19.2. The van der Waals surface area contributed by atoms with E-state index >= 15 is 0 Å². The SMILES string of the molecule is CC(C)(C(N)c1cccc(Cl)c1Cl)N1CCCC1. The Balaban J connectivity index is 2.29. The fraction of sp³-hybridized carbons (Fsp3) is 0.571. The van der Waals surface area contributed by atoms with Gasteiger partial charge in [-0.3, -0.25) is 4.90 Å². The number of hydrogen-bond acceptors (Lipinski definition) is 2. The Hall–Kier alpha value is -0.280. The van der Waals surface area contributed by atoms with Gasteiger partial charge in [0.15, 0.2) is 0 Å². The Bertz CT molecular complexity index is 426. The standard InChI is InChI=1S/C14H20Cl2N2/c1-14(2,18-8-3-4-9-18)13(17)10-6-5-7-11(15)12(10)16/h5-7,13H,3-4,8-9,17H2,1-2H3. The van der Waals surface area contributed by atoms with Crippen LogP contribution < -0.4 is 5.73 Å². The van der Waals surface area contributed by atoms with Crippen LogP contribution in [-0.2, 0) is 0 Å². The number of nitrogens with zero attached hydrogens (tertiary/aromatic N) is 1. The van der Waals surface area contributed by atoms with Gasteiger partial charge in [-0.25, -0.2) is 0 Å². The zero-order valence-corrected chi connectivity index (χ0v) is 12.4. The molecule has 0 saturated carbocycles. The number of halogens is 2. The average molecular weight is 287 g/mol. The molecule has 0 radical (unpaired) electrons. The molecule has 0 spiro atoms. The molecule has 100 valence electrons. The largest absolute Gasteiger partial charge is 0.322 e. The maximum atomic E-state index is 6.44. The van der Waals surface area contributed by atoms with Crippen molar-refractivity contribution in [3.05, 3.63) is 33.8 Å². The molecule has 1 fully saturated rings. The highest BCUT2D eigenvalue weighted by atomic mass is 35.5. The lowest BCUT2D eigenvalue weighted by Crippen LogP contribution is -2.50. The first-order valence-electron chi connectivity index (χ1n) is 6.39. The average Bonchev–Trinajstić information content (AvgIpc) is 2.86. The lowest BCUT2D eigenvalue weighted by Gasteiger charge is -2.40. The van der Waals surface area contributed by atoms with Gasteiger partial charge in [0.2, 0.25) is 0 Å². The minimum atomic E-state index is -0.137. The summed E-state index contributed by atoms with van der Waals surface area (Å²) in [5.74, 6) is 0. The van der Waals surface area contributed by atoms with Crippen molar-refractivity contribution >= 4 is 23.2 Å². The van der Waals surface area contributed by atoms with Crippen LogP contribution in [0.15, 0.2) is 18.2 Å². The summed E-state index contributed by atoms with van der Waals surface area (Å²) in [7, 11) is 0. The molecule has 1 aliphatic heterocycles. The third-order valence-corrected chi connectivity index (χ3v) is 4.83. The molecule has 0 bridgehead atoms. The van der Waals surface area contributed by atoms with Gasteiger partial charge in [0.25, 0.3) is 0 Å². The molecular weight excluding hydrogens is 267 g/mol. The summed E-state index contributed by atoms with van der Waals surface area (Å²) in [5, 5.41) is 1.15. The van der Waals surface area contributed by atoms with E-state index in [1.54, 1.807) is 6.07 Å². The van der Waals surface area contributed by atoms with Gasteiger partial charge < -0.3 is 5.73 Å². The minimum absolute atomic E-state index is 0.106. The monoisotopic (exact) mass is 286 g/mol. The molecule has 0 amide bonds. The topological polar surface area (TPSA) is 29.3 Å². The highest BCUT2D eigenvalue weighted by molar-refractivity contribution is 6.42. The molecule has 2 N–H and O–H groups in total. The predicted molar refractivity (Wildman–Crippen MR) is 78.3 cm³/mol. The first-order chi connectivity index (χ1) is 8.44. The summed E-state index contributed by atoms with van der Waals surface area (Å²) in [6, 6.07) is 5.53. The number of nitrogens with two attached hydrogens (primary N) is 1. The molecular formula is C14H20Cl2N2. The molecule has 1 aromatic carbocycles. The summed E-state index contributed by atoms with van der Waals surface area (Å²) >= 11 is 12.3. The van der Waals surface area contributed by atoms with Gasteiger partial charge in [0, 0.05) is 11.6 Å². The van der Waals surface area contributed by atoms with Gasteiger partial charge >= 0.3 is 0 Å². The zero-order valence-electron chi connectivity index (χ0n) is 10.9. The van der Waals surface area contributed by atoms with Gasteiger partial charge in [0.05, 0.1) is 10.0 Å². The Morgan fingerprint density at radius 1 is 1.22 bits per heavy atom. The van der Waals surface area contributed by atoms with Gasteiger partial charge in [0.1, 0.15) is 0 Å². The summed E-state index contributed by atoms with van der Waals surface area (Å²) in [6.07, 6.45) is 2.50. The summed E-state index contributed by atoms with van der Waals surface area (Å²) in [4.78, 5) is 2.44. The number of likely N-dealkylation sites (tertiary alicyclic amines) is 1. The quantitative estimate of drug-likeness (QED) is 0.914. The van der Waals surface area contributed by atoms with Crippen molar-refractivity contribution in [1.29, 1.82) is 0 Å². The Morgan fingerprint density at radius 3 is 2.44 bits per heavy atom. The second-order valence-electron chi connectivity index (χ2n) is 5.47. The first-order valence-corrected chi connectivity index (χ1v) is 7.14. The van der Waals surface area contributed by atoms with Gasteiger partial charge in [-0.1, -0.05) is 35.3 Å². The molecule has 1 unspecified atom stereocenters. The Kier molecular flexibility index (Phi) is 4.22. The van der Waals surface area contributed by atoms with Crippen LogP contribution in [0.1, 0.15) is 38.3 Å². The summed E-state index contributed by atoms with van der Waals surface area (Å²) in [5.41, 5.74) is 7.26. The molecule has 2 nitrogen and oxygen atoms in total. The second kappa shape index (κ2) is 5.38. The molecule has 2 rings (SSSR count). The molecule has 0 aromatic heterocycles. The van der Waals surface area contributed by atoms with Crippen LogP contribution >= 0.6 is 23.2 Å². The van der Waals surface area contributed by atoms with Crippen molar-refractivity contribution in [1.82, 2.24) is 4.90 Å². The van der Waals surface area contributed by atoms with Gasteiger partial charge in [-0.2, -0.15) is 0 Å². The highest BCUT2D eigenvalue weighted by Crippen LogP contribution is 2.37. The third-order valence-electron chi connectivity index (χ3n) is 4.00. The van der Waals surface area contributed by atoms with E-state index in [9.17, 15) is 0 Å². The van der Waals surface area contributed by atoms with Crippen molar-refractivity contribution in [2.45, 2.75) is 38.3 Å². The molecule has 18 heavy (non-hydrogen) atoms. The van der Waals surface area contributed by atoms with E-state index in [1.807, 2.05) is 12.1 Å². The van der Waals surface area contributed by atoms with Crippen LogP contribution in [0.25, 0.3) is 0 Å². The van der Waals surface area contributed by atoms with E-state index in [2.05, 4.69) is 18.7 Å². The van der Waals surface area contributed by atoms with Crippen molar-refractivity contribution in [2.24, 2.45) is 5.73 Å². The first kappa shape index (κ1) is 14.1. The fourth-order valence-electron chi connectivity index (χ4n) is 2.63. The van der Waals surface area contributed by atoms with Crippen LogP contribution in [-0.4, -0.2) is 23.5 Å². The van der Waals surface area contributed by atoms with Crippen LogP contribution in [0.5, 0.6) is 0 Å². The number of hydrogen-bond donors (Lipinski definition) is 1.